The van der Waals surface area contributed by atoms with Crippen molar-refractivity contribution in [3.8, 4) is 0 Å². The molecule has 8 heteroatoms. The van der Waals surface area contributed by atoms with E-state index in [1.807, 2.05) is 12.1 Å². The molecule has 3 rings (SSSR count). The number of carbonyl (C=O) groups is 1. The minimum atomic E-state index is -0.239. The first-order valence-corrected chi connectivity index (χ1v) is 9.79. The van der Waals surface area contributed by atoms with Crippen molar-refractivity contribution in [3.63, 3.8) is 0 Å². The molecule has 0 saturated heterocycles. The van der Waals surface area contributed by atoms with Gasteiger partial charge in [-0.05, 0) is 54.8 Å². The molecule has 2 aromatic carbocycles. The van der Waals surface area contributed by atoms with Gasteiger partial charge in [-0.3, -0.25) is 10.1 Å². The van der Waals surface area contributed by atoms with Crippen LogP contribution in [0.15, 0.2) is 42.5 Å². The van der Waals surface area contributed by atoms with Gasteiger partial charge in [0.2, 0.25) is 5.13 Å². The van der Waals surface area contributed by atoms with Crippen LogP contribution in [0.4, 0.5) is 5.13 Å². The lowest BCUT2D eigenvalue weighted by molar-refractivity contribution is 0.102. The van der Waals surface area contributed by atoms with Crippen LogP contribution in [0.1, 0.15) is 27.3 Å². The van der Waals surface area contributed by atoms with Crippen LogP contribution in [-0.2, 0) is 12.8 Å². The first kappa shape index (κ1) is 19.1. The Hall–Kier alpha value is -1.66. The van der Waals surface area contributed by atoms with Gasteiger partial charge >= 0.3 is 0 Å². The maximum Gasteiger partial charge on any atom is 0.257 e. The van der Waals surface area contributed by atoms with E-state index in [0.717, 1.165) is 29.8 Å². The highest BCUT2D eigenvalue weighted by Crippen LogP contribution is 2.23. The van der Waals surface area contributed by atoms with Gasteiger partial charge in [0.1, 0.15) is 5.01 Å². The average Bonchev–Trinajstić information content (AvgIpc) is 3.04. The molecule has 0 radical (unpaired) electrons. The number of hydrogen-bond acceptors (Lipinski definition) is 4. The summed E-state index contributed by atoms with van der Waals surface area (Å²) in [5, 5.41) is 14.1. The van der Waals surface area contributed by atoms with Gasteiger partial charge < -0.3 is 0 Å². The maximum absolute atomic E-state index is 12.2. The first-order valence-electron chi connectivity index (χ1n) is 7.84. The van der Waals surface area contributed by atoms with Gasteiger partial charge in [-0.15, -0.1) is 10.2 Å². The molecule has 3 aromatic rings. The number of anilines is 1. The average molecular weight is 427 g/mol. The third-order valence-corrected chi connectivity index (χ3v) is 5.38. The molecule has 0 bridgehead atoms. The van der Waals surface area contributed by atoms with Crippen molar-refractivity contribution in [1.82, 2.24) is 10.2 Å². The molecule has 1 amide bonds. The van der Waals surface area contributed by atoms with E-state index in [4.69, 9.17) is 34.8 Å². The lowest BCUT2D eigenvalue weighted by atomic mass is 10.1. The zero-order chi connectivity index (χ0) is 18.5. The molecule has 0 fully saturated rings. The second-order valence-electron chi connectivity index (χ2n) is 5.55. The summed E-state index contributed by atoms with van der Waals surface area (Å²) in [6.07, 6.45) is 2.45. The molecule has 134 valence electrons. The van der Waals surface area contributed by atoms with Crippen LogP contribution in [0, 0.1) is 0 Å². The van der Waals surface area contributed by atoms with Crippen LogP contribution in [-0.4, -0.2) is 16.1 Å². The van der Waals surface area contributed by atoms with E-state index in [1.54, 1.807) is 30.3 Å². The molecule has 26 heavy (non-hydrogen) atoms. The summed E-state index contributed by atoms with van der Waals surface area (Å²) in [5.74, 6) is -0.239. The van der Waals surface area contributed by atoms with Crippen molar-refractivity contribution in [2.75, 3.05) is 5.32 Å². The Morgan fingerprint density at radius 3 is 2.42 bits per heavy atom. The molecule has 0 atom stereocenters. The molecule has 0 spiro atoms. The molecule has 4 nitrogen and oxygen atoms in total. The summed E-state index contributed by atoms with van der Waals surface area (Å²) in [7, 11) is 0. The van der Waals surface area contributed by atoms with E-state index in [0.29, 0.717) is 25.8 Å². The van der Waals surface area contributed by atoms with Gasteiger partial charge in [0.25, 0.3) is 5.91 Å². The fourth-order valence-electron chi connectivity index (χ4n) is 2.33. The van der Waals surface area contributed by atoms with E-state index in [9.17, 15) is 4.79 Å². The van der Waals surface area contributed by atoms with Crippen molar-refractivity contribution < 1.29 is 4.79 Å². The normalized spacial score (nSPS) is 10.7. The van der Waals surface area contributed by atoms with E-state index >= 15 is 0 Å². The lowest BCUT2D eigenvalue weighted by Crippen LogP contribution is -2.11. The number of nitrogens with zero attached hydrogens (tertiary/aromatic N) is 2. The molecule has 0 saturated carbocycles. The van der Waals surface area contributed by atoms with E-state index < -0.39 is 0 Å². The lowest BCUT2D eigenvalue weighted by Gasteiger charge is -2.03. The highest BCUT2D eigenvalue weighted by molar-refractivity contribution is 7.15. The zero-order valence-corrected chi connectivity index (χ0v) is 16.6. The van der Waals surface area contributed by atoms with Crippen molar-refractivity contribution in [2.45, 2.75) is 19.3 Å². The van der Waals surface area contributed by atoms with Gasteiger partial charge in [-0.25, -0.2) is 0 Å². The fourth-order valence-corrected chi connectivity index (χ4v) is 3.74. The standard InChI is InChI=1S/C18H14Cl3N3OS/c19-13-7-5-12(6-8-13)17(25)22-18-24-23-16(26-18)3-1-2-11-4-9-14(20)10-15(11)21/h4-10H,1-3H2,(H,22,24,25). The summed E-state index contributed by atoms with van der Waals surface area (Å²) in [4.78, 5) is 12.2. The number of rotatable bonds is 6. The largest absolute Gasteiger partial charge is 0.296 e. The van der Waals surface area contributed by atoms with Gasteiger partial charge in [0.15, 0.2) is 0 Å². The zero-order valence-electron chi connectivity index (χ0n) is 13.5. The molecule has 0 aliphatic heterocycles. The maximum atomic E-state index is 12.2. The predicted molar refractivity (Wildman–Crippen MR) is 108 cm³/mol. The van der Waals surface area contributed by atoms with Crippen LogP contribution in [0.25, 0.3) is 0 Å². The van der Waals surface area contributed by atoms with Crippen LogP contribution in [0.2, 0.25) is 15.1 Å². The van der Waals surface area contributed by atoms with E-state index in [2.05, 4.69) is 15.5 Å². The van der Waals surface area contributed by atoms with Crippen molar-refractivity contribution in [1.29, 1.82) is 0 Å². The molecule has 1 N–H and O–H groups in total. The van der Waals surface area contributed by atoms with Gasteiger partial charge in [-0.2, -0.15) is 0 Å². The van der Waals surface area contributed by atoms with Gasteiger partial charge in [0, 0.05) is 27.1 Å². The number of halogens is 3. The summed E-state index contributed by atoms with van der Waals surface area (Å²) < 4.78 is 0. The Morgan fingerprint density at radius 1 is 0.962 bits per heavy atom. The Balaban J connectivity index is 1.53. The fraction of sp³-hybridized carbons (Fsp3) is 0.167. The number of nitrogens with one attached hydrogen (secondary N) is 1. The molecule has 1 heterocycles. The molecular weight excluding hydrogens is 413 g/mol. The van der Waals surface area contributed by atoms with Crippen molar-refractivity contribution in [2.24, 2.45) is 0 Å². The van der Waals surface area contributed by atoms with Crippen molar-refractivity contribution in [3.05, 3.63) is 73.7 Å². The molecule has 0 aliphatic carbocycles. The Kier molecular flexibility index (Phi) is 6.48. The third-order valence-electron chi connectivity index (χ3n) is 3.65. The van der Waals surface area contributed by atoms with Gasteiger partial charge in [0.05, 0.1) is 0 Å². The number of aryl methyl sites for hydroxylation is 2. The minimum Gasteiger partial charge on any atom is -0.296 e. The highest BCUT2D eigenvalue weighted by Gasteiger charge is 2.10. The molecule has 1 aromatic heterocycles. The Labute approximate surface area is 170 Å². The van der Waals surface area contributed by atoms with E-state index in [-0.39, 0.29) is 5.91 Å². The summed E-state index contributed by atoms with van der Waals surface area (Å²) >= 11 is 19.3. The Morgan fingerprint density at radius 2 is 1.69 bits per heavy atom. The van der Waals surface area contributed by atoms with Crippen LogP contribution < -0.4 is 5.32 Å². The van der Waals surface area contributed by atoms with Crippen LogP contribution in [0.5, 0.6) is 0 Å². The number of carbonyl (C=O) groups excluding carboxylic acids is 1. The number of hydrogen-bond donors (Lipinski definition) is 1. The van der Waals surface area contributed by atoms with Crippen LogP contribution in [0.3, 0.4) is 0 Å². The quantitative estimate of drug-likeness (QED) is 0.532. The minimum absolute atomic E-state index is 0.239. The Bertz CT molecular complexity index is 912. The monoisotopic (exact) mass is 425 g/mol. The SMILES string of the molecule is O=C(Nc1nnc(CCCc2ccc(Cl)cc2Cl)s1)c1ccc(Cl)cc1. The second kappa shape index (κ2) is 8.82. The van der Waals surface area contributed by atoms with Crippen LogP contribution >= 0.6 is 46.1 Å². The molecule has 0 unspecified atom stereocenters. The predicted octanol–water partition coefficient (Wildman–Crippen LogP) is 5.93. The van der Waals surface area contributed by atoms with Crippen molar-refractivity contribution >= 4 is 57.2 Å². The number of amides is 1. The number of aromatic nitrogens is 2. The summed E-state index contributed by atoms with van der Waals surface area (Å²) in [5.41, 5.74) is 1.57. The molecular formula is C18H14Cl3N3OS. The van der Waals surface area contributed by atoms with E-state index in [1.165, 1.54) is 11.3 Å². The smallest absolute Gasteiger partial charge is 0.257 e. The number of benzene rings is 2. The third kappa shape index (κ3) is 5.17. The topological polar surface area (TPSA) is 54.9 Å². The van der Waals surface area contributed by atoms with Gasteiger partial charge in [-0.1, -0.05) is 52.2 Å². The summed E-state index contributed by atoms with van der Waals surface area (Å²) in [6, 6.07) is 12.2. The second-order valence-corrected chi connectivity index (χ2v) is 7.89. The summed E-state index contributed by atoms with van der Waals surface area (Å²) in [6.45, 7) is 0. The first-order chi connectivity index (χ1) is 12.5. The highest BCUT2D eigenvalue weighted by atomic mass is 35.5. The molecule has 0 aliphatic rings.